The summed E-state index contributed by atoms with van der Waals surface area (Å²) in [4.78, 5) is 0. The molecule has 0 amide bonds. The monoisotopic (exact) mass is 405 g/mol. The molecule has 0 heterocycles. The summed E-state index contributed by atoms with van der Waals surface area (Å²) in [6, 6.07) is 10.5. The lowest BCUT2D eigenvalue weighted by molar-refractivity contribution is 0.570. The van der Waals surface area contributed by atoms with Crippen LogP contribution in [0.15, 0.2) is 45.3 Å². The molecule has 1 atom stereocenters. The minimum absolute atomic E-state index is 0.270. The topological polar surface area (TPSA) is 12.0 Å². The highest BCUT2D eigenvalue weighted by Crippen LogP contribution is 2.33. The van der Waals surface area contributed by atoms with Crippen LogP contribution in [0.4, 0.5) is 4.39 Å². The van der Waals surface area contributed by atoms with Gasteiger partial charge >= 0.3 is 0 Å². The van der Waals surface area contributed by atoms with Crippen molar-refractivity contribution in [3.8, 4) is 0 Å². The molecule has 5 heteroatoms. The third kappa shape index (κ3) is 3.19. The zero-order valence-electron chi connectivity index (χ0n) is 10.1. The molecular weight excluding hydrogens is 396 g/mol. The van der Waals surface area contributed by atoms with Crippen LogP contribution in [0.1, 0.15) is 17.2 Å². The maximum Gasteiger partial charge on any atom is 0.142 e. The normalized spacial score (nSPS) is 12.5. The predicted octanol–water partition coefficient (Wildman–Crippen LogP) is 5.31. The summed E-state index contributed by atoms with van der Waals surface area (Å²) in [6.45, 7) is 0. The number of halogens is 4. The molecule has 0 fully saturated rings. The van der Waals surface area contributed by atoms with Gasteiger partial charge in [0.05, 0.1) is 10.5 Å². The van der Waals surface area contributed by atoms with Crippen molar-refractivity contribution >= 4 is 43.5 Å². The van der Waals surface area contributed by atoms with Crippen molar-refractivity contribution in [1.82, 2.24) is 5.32 Å². The first kappa shape index (κ1) is 15.0. The van der Waals surface area contributed by atoms with Gasteiger partial charge in [-0.1, -0.05) is 39.7 Å². The van der Waals surface area contributed by atoms with E-state index in [1.165, 1.54) is 0 Å². The molecule has 100 valence electrons. The van der Waals surface area contributed by atoms with E-state index in [9.17, 15) is 4.39 Å². The lowest BCUT2D eigenvalue weighted by Gasteiger charge is -2.20. The summed E-state index contributed by atoms with van der Waals surface area (Å²) in [5.74, 6) is -0.270. The number of hydrogen-bond donors (Lipinski definition) is 1. The standard InChI is InChI=1S/C14H11Br2ClFN/c1-19-14(9-3-2-4-12(16)13(9)18)10-7-8(17)5-6-11(10)15/h2-7,14,19H,1H3. The van der Waals surface area contributed by atoms with E-state index in [-0.39, 0.29) is 11.9 Å². The van der Waals surface area contributed by atoms with Gasteiger partial charge in [0.2, 0.25) is 0 Å². The van der Waals surface area contributed by atoms with Crippen LogP contribution < -0.4 is 5.32 Å². The summed E-state index contributed by atoms with van der Waals surface area (Å²) in [5.41, 5.74) is 1.46. The Hall–Kier alpha value is -0.420. The van der Waals surface area contributed by atoms with Gasteiger partial charge in [-0.15, -0.1) is 0 Å². The molecule has 0 aliphatic heterocycles. The Morgan fingerprint density at radius 3 is 2.53 bits per heavy atom. The molecule has 0 saturated heterocycles. The van der Waals surface area contributed by atoms with Crippen LogP contribution in [0.5, 0.6) is 0 Å². The SMILES string of the molecule is CNC(c1cc(Cl)ccc1Br)c1cccc(Br)c1F. The molecule has 1 unspecified atom stereocenters. The van der Waals surface area contributed by atoms with Crippen molar-refractivity contribution in [1.29, 1.82) is 0 Å². The molecule has 2 aromatic carbocycles. The molecule has 0 aliphatic rings. The predicted molar refractivity (Wildman–Crippen MR) is 84.2 cm³/mol. The molecule has 0 bridgehead atoms. The molecule has 0 aromatic heterocycles. The Labute approximate surface area is 133 Å². The van der Waals surface area contributed by atoms with Crippen molar-refractivity contribution in [2.24, 2.45) is 0 Å². The van der Waals surface area contributed by atoms with E-state index >= 15 is 0 Å². The smallest absolute Gasteiger partial charge is 0.142 e. The first-order valence-corrected chi connectivity index (χ1v) is 7.57. The second-order valence-electron chi connectivity index (χ2n) is 4.03. The fourth-order valence-corrected chi connectivity index (χ4v) is 3.00. The Balaban J connectivity index is 2.56. The van der Waals surface area contributed by atoms with Crippen molar-refractivity contribution in [2.75, 3.05) is 7.05 Å². The second kappa shape index (κ2) is 6.35. The van der Waals surface area contributed by atoms with Gasteiger partial charge in [0, 0.05) is 15.1 Å². The Bertz CT molecular complexity index is 602. The van der Waals surface area contributed by atoms with E-state index in [0.29, 0.717) is 15.1 Å². The maximum absolute atomic E-state index is 14.2. The minimum atomic E-state index is -0.273. The molecule has 19 heavy (non-hydrogen) atoms. The van der Waals surface area contributed by atoms with Crippen LogP contribution >= 0.6 is 43.5 Å². The van der Waals surface area contributed by atoms with Crippen LogP contribution in [-0.2, 0) is 0 Å². The van der Waals surface area contributed by atoms with Gasteiger partial charge in [-0.05, 0) is 52.8 Å². The van der Waals surface area contributed by atoms with Gasteiger partial charge in [-0.3, -0.25) is 0 Å². The van der Waals surface area contributed by atoms with E-state index in [1.54, 1.807) is 25.2 Å². The quantitative estimate of drug-likeness (QED) is 0.727. The number of rotatable bonds is 3. The Morgan fingerprint density at radius 1 is 1.11 bits per heavy atom. The van der Waals surface area contributed by atoms with E-state index < -0.39 is 0 Å². The molecule has 2 aromatic rings. The zero-order chi connectivity index (χ0) is 14.0. The Morgan fingerprint density at radius 2 is 1.84 bits per heavy atom. The largest absolute Gasteiger partial charge is 0.309 e. The minimum Gasteiger partial charge on any atom is -0.309 e. The summed E-state index contributed by atoms with van der Waals surface area (Å²) in [5, 5.41) is 3.74. The number of nitrogens with one attached hydrogen (secondary N) is 1. The lowest BCUT2D eigenvalue weighted by Crippen LogP contribution is -2.19. The van der Waals surface area contributed by atoms with E-state index in [4.69, 9.17) is 11.6 Å². The summed E-state index contributed by atoms with van der Waals surface area (Å²) >= 11 is 12.7. The highest BCUT2D eigenvalue weighted by molar-refractivity contribution is 9.10. The first-order chi connectivity index (χ1) is 9.04. The third-order valence-electron chi connectivity index (χ3n) is 2.85. The highest BCUT2D eigenvalue weighted by Gasteiger charge is 2.20. The van der Waals surface area contributed by atoms with Gasteiger partial charge in [0.1, 0.15) is 5.82 Å². The number of hydrogen-bond acceptors (Lipinski definition) is 1. The molecule has 0 spiro atoms. The van der Waals surface area contributed by atoms with Crippen LogP contribution in [-0.4, -0.2) is 7.05 Å². The van der Waals surface area contributed by atoms with Crippen molar-refractivity contribution in [3.63, 3.8) is 0 Å². The van der Waals surface area contributed by atoms with Crippen molar-refractivity contribution < 1.29 is 4.39 Å². The van der Waals surface area contributed by atoms with Crippen LogP contribution in [0.2, 0.25) is 5.02 Å². The average Bonchev–Trinajstić information content (AvgIpc) is 2.39. The molecule has 0 radical (unpaired) electrons. The second-order valence-corrected chi connectivity index (χ2v) is 6.18. The van der Waals surface area contributed by atoms with Gasteiger partial charge in [-0.25, -0.2) is 4.39 Å². The molecule has 0 aliphatic carbocycles. The maximum atomic E-state index is 14.2. The van der Waals surface area contributed by atoms with Gasteiger partial charge in [0.25, 0.3) is 0 Å². The van der Waals surface area contributed by atoms with Gasteiger partial charge in [0.15, 0.2) is 0 Å². The molecular formula is C14H11Br2ClFN. The average molecular weight is 408 g/mol. The zero-order valence-corrected chi connectivity index (χ0v) is 14.0. The molecule has 0 saturated carbocycles. The van der Waals surface area contributed by atoms with Crippen molar-refractivity contribution in [3.05, 3.63) is 67.3 Å². The molecule has 2 rings (SSSR count). The summed E-state index contributed by atoms with van der Waals surface area (Å²) in [7, 11) is 1.79. The highest BCUT2D eigenvalue weighted by atomic mass is 79.9. The Kier molecular flexibility index (Phi) is 5.01. The van der Waals surface area contributed by atoms with E-state index in [0.717, 1.165) is 10.0 Å². The fraction of sp³-hybridized carbons (Fsp3) is 0.143. The number of benzene rings is 2. The molecule has 1 N–H and O–H groups in total. The van der Waals surface area contributed by atoms with Gasteiger partial charge < -0.3 is 5.32 Å². The van der Waals surface area contributed by atoms with E-state index in [1.807, 2.05) is 18.2 Å². The van der Waals surface area contributed by atoms with Crippen LogP contribution in [0.25, 0.3) is 0 Å². The summed E-state index contributed by atoms with van der Waals surface area (Å²) < 4.78 is 15.6. The summed E-state index contributed by atoms with van der Waals surface area (Å²) in [6.07, 6.45) is 0. The fourth-order valence-electron chi connectivity index (χ4n) is 1.96. The van der Waals surface area contributed by atoms with Gasteiger partial charge in [-0.2, -0.15) is 0 Å². The van der Waals surface area contributed by atoms with Crippen LogP contribution in [0.3, 0.4) is 0 Å². The first-order valence-electron chi connectivity index (χ1n) is 5.60. The van der Waals surface area contributed by atoms with Crippen LogP contribution in [0, 0.1) is 5.82 Å². The van der Waals surface area contributed by atoms with Crippen molar-refractivity contribution in [2.45, 2.75) is 6.04 Å². The third-order valence-corrected chi connectivity index (χ3v) is 4.42. The lowest BCUT2D eigenvalue weighted by atomic mass is 9.98. The van der Waals surface area contributed by atoms with E-state index in [2.05, 4.69) is 37.2 Å². The molecule has 1 nitrogen and oxygen atoms in total.